The van der Waals surface area contributed by atoms with E-state index in [1.54, 1.807) is 24.3 Å². The normalized spacial score (nSPS) is 10.5. The summed E-state index contributed by atoms with van der Waals surface area (Å²) >= 11 is 0. The van der Waals surface area contributed by atoms with E-state index < -0.39 is 0 Å². The molecule has 0 amide bonds. The number of Topliss-reactive ketones (excluding diaryl/α,β-unsaturated/α-hetero) is 1. The van der Waals surface area contributed by atoms with Gasteiger partial charge in [-0.05, 0) is 17.5 Å². The smallest absolute Gasteiger partial charge is 0.162 e. The number of carbonyl (C=O) groups is 1. The highest BCUT2D eigenvalue weighted by Crippen LogP contribution is 2.19. The molecule has 0 aromatic heterocycles. The zero-order chi connectivity index (χ0) is 10.8. The molecule has 0 saturated heterocycles. The lowest BCUT2D eigenvalue weighted by molar-refractivity contribution is 0.0988. The molecule has 0 aliphatic rings. The zero-order valence-corrected chi connectivity index (χ0v) is 8.46. The van der Waals surface area contributed by atoms with E-state index in [-0.39, 0.29) is 11.6 Å². The highest BCUT2D eigenvalue weighted by Gasteiger charge is 2.05. The van der Waals surface area contributed by atoms with E-state index in [1.165, 1.54) is 6.07 Å². The van der Waals surface area contributed by atoms with Crippen molar-refractivity contribution < 1.29 is 9.18 Å². The first-order chi connectivity index (χ1) is 7.22. The molecule has 0 aliphatic carbocycles. The molecule has 15 heavy (non-hydrogen) atoms. The molecule has 2 heteroatoms. The fraction of sp³-hybridized carbons (Fsp3) is 0.154. The van der Waals surface area contributed by atoms with Gasteiger partial charge in [0.2, 0.25) is 0 Å². The van der Waals surface area contributed by atoms with Gasteiger partial charge in [0.05, 0.1) is 0 Å². The molecule has 0 aliphatic heterocycles. The van der Waals surface area contributed by atoms with Crippen LogP contribution in [-0.2, 0) is 0 Å². The van der Waals surface area contributed by atoms with Crippen LogP contribution in [-0.4, -0.2) is 5.78 Å². The maximum absolute atomic E-state index is 13.3. The number of hydrogen-bond donors (Lipinski definition) is 0. The Labute approximate surface area is 87.5 Å². The summed E-state index contributed by atoms with van der Waals surface area (Å²) < 4.78 is 13.3. The minimum Gasteiger partial charge on any atom is -0.294 e. The molecule has 0 unspecified atom stereocenters. The van der Waals surface area contributed by atoms with Crippen molar-refractivity contribution in [1.29, 1.82) is 0 Å². The third-order valence-electron chi connectivity index (χ3n) is 2.47. The standard InChI is InChI=1S/C13H11FO/c1-2-13(15)10-6-7-11-9(8-10)4-3-5-12(11)14/h3-8H,2H2,1H3. The van der Waals surface area contributed by atoms with Crippen LogP contribution in [0.4, 0.5) is 4.39 Å². The Kier molecular flexibility index (Phi) is 2.50. The number of carbonyl (C=O) groups excluding carboxylic acids is 1. The van der Waals surface area contributed by atoms with Crippen molar-refractivity contribution in [2.75, 3.05) is 0 Å². The summed E-state index contributed by atoms with van der Waals surface area (Å²) in [7, 11) is 0. The van der Waals surface area contributed by atoms with Gasteiger partial charge in [0.25, 0.3) is 0 Å². The Morgan fingerprint density at radius 3 is 2.80 bits per heavy atom. The fourth-order valence-corrected chi connectivity index (χ4v) is 1.62. The van der Waals surface area contributed by atoms with Crippen LogP contribution < -0.4 is 0 Å². The number of ketones is 1. The lowest BCUT2D eigenvalue weighted by atomic mass is 10.0. The lowest BCUT2D eigenvalue weighted by Gasteiger charge is -2.02. The molecule has 0 spiro atoms. The van der Waals surface area contributed by atoms with Gasteiger partial charge in [0.15, 0.2) is 5.78 Å². The van der Waals surface area contributed by atoms with Gasteiger partial charge >= 0.3 is 0 Å². The summed E-state index contributed by atoms with van der Waals surface area (Å²) in [5.41, 5.74) is 0.649. The quantitative estimate of drug-likeness (QED) is 0.680. The zero-order valence-electron chi connectivity index (χ0n) is 8.46. The Bertz CT molecular complexity index is 517. The van der Waals surface area contributed by atoms with Gasteiger partial charge in [-0.1, -0.05) is 31.2 Å². The minimum absolute atomic E-state index is 0.0844. The van der Waals surface area contributed by atoms with Gasteiger partial charge in [-0.15, -0.1) is 0 Å². The van der Waals surface area contributed by atoms with Crippen LogP contribution in [0.2, 0.25) is 0 Å². The van der Waals surface area contributed by atoms with Crippen molar-refractivity contribution in [3.8, 4) is 0 Å². The van der Waals surface area contributed by atoms with Gasteiger partial charge in [-0.3, -0.25) is 4.79 Å². The number of benzene rings is 2. The second-order valence-electron chi connectivity index (χ2n) is 3.45. The van der Waals surface area contributed by atoms with Crippen LogP contribution in [0.1, 0.15) is 23.7 Å². The SMILES string of the molecule is CCC(=O)c1ccc2c(F)cccc2c1. The molecule has 0 N–H and O–H groups in total. The van der Waals surface area contributed by atoms with E-state index in [4.69, 9.17) is 0 Å². The molecule has 0 fully saturated rings. The molecule has 1 nitrogen and oxygen atoms in total. The second kappa shape index (κ2) is 3.81. The first-order valence-electron chi connectivity index (χ1n) is 4.94. The van der Waals surface area contributed by atoms with Gasteiger partial charge in [0.1, 0.15) is 5.82 Å². The van der Waals surface area contributed by atoms with Crippen LogP contribution in [0.3, 0.4) is 0 Å². The Morgan fingerprint density at radius 1 is 1.27 bits per heavy atom. The monoisotopic (exact) mass is 202 g/mol. The molecule has 0 saturated carbocycles. The summed E-state index contributed by atoms with van der Waals surface area (Å²) in [6.07, 6.45) is 0.473. The summed E-state index contributed by atoms with van der Waals surface area (Å²) in [6, 6.07) is 9.96. The van der Waals surface area contributed by atoms with Crippen molar-refractivity contribution in [2.45, 2.75) is 13.3 Å². The Morgan fingerprint density at radius 2 is 2.07 bits per heavy atom. The molecule has 0 bridgehead atoms. The van der Waals surface area contributed by atoms with Crippen molar-refractivity contribution >= 4 is 16.6 Å². The number of hydrogen-bond acceptors (Lipinski definition) is 1. The lowest BCUT2D eigenvalue weighted by Crippen LogP contribution is -1.96. The average molecular weight is 202 g/mol. The van der Waals surface area contributed by atoms with E-state index in [9.17, 15) is 9.18 Å². The number of halogens is 1. The predicted molar refractivity (Wildman–Crippen MR) is 58.5 cm³/mol. The van der Waals surface area contributed by atoms with E-state index in [1.807, 2.05) is 13.0 Å². The van der Waals surface area contributed by atoms with Crippen LogP contribution in [0, 0.1) is 5.82 Å². The predicted octanol–water partition coefficient (Wildman–Crippen LogP) is 3.57. The van der Waals surface area contributed by atoms with E-state index >= 15 is 0 Å². The highest BCUT2D eigenvalue weighted by molar-refractivity contribution is 5.99. The molecule has 0 radical (unpaired) electrons. The summed E-state index contributed by atoms with van der Waals surface area (Å²) in [6.45, 7) is 1.82. The Balaban J connectivity index is 2.62. The van der Waals surface area contributed by atoms with Gasteiger partial charge < -0.3 is 0 Å². The van der Waals surface area contributed by atoms with Crippen molar-refractivity contribution in [2.24, 2.45) is 0 Å². The number of rotatable bonds is 2. The maximum Gasteiger partial charge on any atom is 0.162 e. The number of fused-ring (bicyclic) bond motifs is 1. The fourth-order valence-electron chi connectivity index (χ4n) is 1.62. The van der Waals surface area contributed by atoms with Crippen LogP contribution in [0.5, 0.6) is 0 Å². The van der Waals surface area contributed by atoms with Crippen LogP contribution >= 0.6 is 0 Å². The molecule has 2 aromatic carbocycles. The third-order valence-corrected chi connectivity index (χ3v) is 2.47. The van der Waals surface area contributed by atoms with E-state index in [2.05, 4.69) is 0 Å². The highest BCUT2D eigenvalue weighted by atomic mass is 19.1. The average Bonchev–Trinajstić information content (AvgIpc) is 2.28. The van der Waals surface area contributed by atoms with Gasteiger partial charge in [-0.25, -0.2) is 4.39 Å². The van der Waals surface area contributed by atoms with Crippen LogP contribution in [0.15, 0.2) is 36.4 Å². The molecule has 0 heterocycles. The third kappa shape index (κ3) is 1.75. The van der Waals surface area contributed by atoms with E-state index in [0.717, 1.165) is 5.39 Å². The molecular formula is C13H11FO. The molecular weight excluding hydrogens is 191 g/mol. The van der Waals surface area contributed by atoms with Crippen molar-refractivity contribution in [1.82, 2.24) is 0 Å². The Hall–Kier alpha value is -1.70. The first kappa shape index (κ1) is 9.84. The van der Waals surface area contributed by atoms with Gasteiger partial charge in [-0.2, -0.15) is 0 Å². The maximum atomic E-state index is 13.3. The largest absolute Gasteiger partial charge is 0.294 e. The van der Waals surface area contributed by atoms with Crippen molar-refractivity contribution in [3.63, 3.8) is 0 Å². The topological polar surface area (TPSA) is 17.1 Å². The second-order valence-corrected chi connectivity index (χ2v) is 3.45. The minimum atomic E-state index is -0.247. The molecule has 2 aromatic rings. The first-order valence-corrected chi connectivity index (χ1v) is 4.94. The molecule has 2 rings (SSSR count). The molecule has 0 atom stereocenters. The van der Waals surface area contributed by atoms with Crippen LogP contribution in [0.25, 0.3) is 10.8 Å². The van der Waals surface area contributed by atoms with Crippen molar-refractivity contribution in [3.05, 3.63) is 47.8 Å². The van der Waals surface area contributed by atoms with E-state index in [0.29, 0.717) is 17.4 Å². The summed E-state index contributed by atoms with van der Waals surface area (Å²) in [4.78, 5) is 11.4. The summed E-state index contributed by atoms with van der Waals surface area (Å²) in [5, 5.41) is 1.33. The van der Waals surface area contributed by atoms with Gasteiger partial charge in [0, 0.05) is 17.4 Å². The summed E-state index contributed by atoms with van der Waals surface area (Å²) in [5.74, 6) is -0.163. The molecule has 76 valence electrons.